The minimum Gasteiger partial charge on any atom is -0.397 e. The van der Waals surface area contributed by atoms with Gasteiger partial charge >= 0.3 is 29.1 Å². The Hall–Kier alpha value is -2.71. The van der Waals surface area contributed by atoms with Crippen molar-refractivity contribution in [2.45, 2.75) is 0 Å². The molecular formula is C8H5N3O6. The maximum Gasteiger partial charge on any atom is 0.381 e. The van der Waals surface area contributed by atoms with Crippen molar-refractivity contribution in [3.8, 4) is 5.88 Å². The molecule has 2 rings (SSSR count). The van der Waals surface area contributed by atoms with Crippen LogP contribution in [0.4, 0.5) is 0 Å². The molecule has 1 aromatic heterocycles. The van der Waals surface area contributed by atoms with Crippen LogP contribution in [0.2, 0.25) is 0 Å². The highest BCUT2D eigenvalue weighted by Gasteiger charge is 2.19. The summed E-state index contributed by atoms with van der Waals surface area (Å²) in [5, 5.41) is 3.42. The summed E-state index contributed by atoms with van der Waals surface area (Å²) in [7, 11) is 1.20. The maximum atomic E-state index is 11.5. The van der Waals surface area contributed by atoms with Crippen molar-refractivity contribution in [3.63, 3.8) is 0 Å². The van der Waals surface area contributed by atoms with Crippen molar-refractivity contribution in [1.82, 2.24) is 14.5 Å². The van der Waals surface area contributed by atoms with Gasteiger partial charge in [-0.25, -0.2) is 19.1 Å². The molecule has 0 aromatic carbocycles. The van der Waals surface area contributed by atoms with Crippen LogP contribution in [0.25, 0.3) is 0 Å². The van der Waals surface area contributed by atoms with E-state index < -0.39 is 29.1 Å². The first kappa shape index (κ1) is 10.8. The monoisotopic (exact) mass is 239 g/mol. The number of fused-ring (bicyclic) bond motifs is 2. The number of ether oxygens (including phenoxy) is 1. The highest BCUT2D eigenvalue weighted by Crippen LogP contribution is 1.96. The molecule has 2 bridgehead atoms. The third-order valence-corrected chi connectivity index (χ3v) is 1.79. The largest absolute Gasteiger partial charge is 0.397 e. The molecule has 2 heterocycles. The lowest BCUT2D eigenvalue weighted by atomic mass is 10.5. The van der Waals surface area contributed by atoms with Crippen LogP contribution in [0.5, 0.6) is 5.88 Å². The van der Waals surface area contributed by atoms with Crippen molar-refractivity contribution in [1.29, 1.82) is 0 Å². The number of rotatable bonds is 0. The van der Waals surface area contributed by atoms with Crippen LogP contribution < -0.4 is 20.8 Å². The van der Waals surface area contributed by atoms with Crippen molar-refractivity contribution in [3.05, 3.63) is 33.0 Å². The standard InChI is InChI=1S/C8H5N3O6/c1-10-8(15)11-7(14)6(9-10)16-4(12)2-3-5(13)17-11/h2-3H,1H3/b3-2+. The number of esters is 1. The topological polar surface area (TPSA) is 109 Å². The van der Waals surface area contributed by atoms with E-state index in [1.807, 2.05) is 0 Å². The average Bonchev–Trinajstić information content (AvgIpc) is 2.31. The minimum absolute atomic E-state index is 0.160. The first-order valence-electron chi connectivity index (χ1n) is 4.31. The second-order valence-electron chi connectivity index (χ2n) is 2.98. The molecule has 17 heavy (non-hydrogen) atoms. The van der Waals surface area contributed by atoms with Crippen LogP contribution in [0.15, 0.2) is 21.7 Å². The molecule has 9 heteroatoms. The number of hydrogen-bond acceptors (Lipinski definition) is 7. The summed E-state index contributed by atoms with van der Waals surface area (Å²) in [6, 6.07) is 0. The lowest BCUT2D eigenvalue weighted by Gasteiger charge is -2.05. The van der Waals surface area contributed by atoms with E-state index in [9.17, 15) is 19.2 Å². The Labute approximate surface area is 92.4 Å². The van der Waals surface area contributed by atoms with Crippen molar-refractivity contribution in [2.75, 3.05) is 0 Å². The Bertz CT molecular complexity index is 652. The molecule has 1 aliphatic rings. The molecule has 0 radical (unpaired) electrons. The van der Waals surface area contributed by atoms with Crippen LogP contribution in [0.1, 0.15) is 0 Å². The number of nitrogens with zero attached hydrogens (tertiary/aromatic N) is 3. The smallest absolute Gasteiger partial charge is 0.381 e. The van der Waals surface area contributed by atoms with Crippen molar-refractivity contribution >= 4 is 11.9 Å². The minimum atomic E-state index is -1.13. The Morgan fingerprint density at radius 2 is 1.76 bits per heavy atom. The molecule has 0 saturated heterocycles. The van der Waals surface area contributed by atoms with Crippen molar-refractivity contribution < 1.29 is 19.2 Å². The number of aryl methyl sites for hydroxylation is 1. The first-order chi connectivity index (χ1) is 7.99. The quantitative estimate of drug-likeness (QED) is 0.455. The lowest BCUT2D eigenvalue weighted by molar-refractivity contribution is -0.139. The Kier molecular flexibility index (Phi) is 2.35. The number of carbonyl (C=O) groups excluding carboxylic acids is 2. The molecule has 9 nitrogen and oxygen atoms in total. The fourth-order valence-electron chi connectivity index (χ4n) is 1.06. The Balaban J connectivity index is 2.76. The molecule has 0 saturated carbocycles. The zero-order valence-electron chi connectivity index (χ0n) is 8.45. The Morgan fingerprint density at radius 1 is 1.12 bits per heavy atom. The normalized spacial score (nSPS) is 16.3. The molecule has 1 aliphatic heterocycles. The van der Waals surface area contributed by atoms with E-state index in [1.165, 1.54) is 7.05 Å². The molecule has 88 valence electrons. The van der Waals surface area contributed by atoms with E-state index in [0.717, 1.165) is 12.2 Å². The number of aromatic nitrogens is 3. The van der Waals surface area contributed by atoms with Crippen molar-refractivity contribution in [2.24, 2.45) is 7.05 Å². The molecule has 0 amide bonds. The van der Waals surface area contributed by atoms with Gasteiger partial charge in [-0.15, -0.1) is 5.10 Å². The highest BCUT2D eigenvalue weighted by atomic mass is 16.7. The highest BCUT2D eigenvalue weighted by molar-refractivity contribution is 5.92. The van der Waals surface area contributed by atoms with Crippen LogP contribution in [0.3, 0.4) is 0 Å². The van der Waals surface area contributed by atoms with Crippen LogP contribution in [-0.4, -0.2) is 26.4 Å². The van der Waals surface area contributed by atoms with E-state index in [2.05, 4.69) is 14.7 Å². The van der Waals surface area contributed by atoms with E-state index >= 15 is 0 Å². The van der Waals surface area contributed by atoms with Crippen LogP contribution in [0, 0.1) is 0 Å². The van der Waals surface area contributed by atoms with Gasteiger partial charge in [-0.2, -0.15) is 0 Å². The number of hydrogen-bond donors (Lipinski definition) is 0. The second-order valence-corrected chi connectivity index (χ2v) is 2.98. The molecule has 0 spiro atoms. The fourth-order valence-corrected chi connectivity index (χ4v) is 1.06. The lowest BCUT2D eigenvalue weighted by Crippen LogP contribution is -2.45. The summed E-state index contributed by atoms with van der Waals surface area (Å²) in [5.74, 6) is -2.68. The van der Waals surface area contributed by atoms with Gasteiger partial charge in [0.1, 0.15) is 0 Å². The van der Waals surface area contributed by atoms with Gasteiger partial charge in [-0.05, 0) is 0 Å². The maximum absolute atomic E-state index is 11.5. The van der Waals surface area contributed by atoms with Gasteiger partial charge in [0.25, 0.3) is 0 Å². The summed E-state index contributed by atoms with van der Waals surface area (Å²) >= 11 is 0. The predicted molar refractivity (Wildman–Crippen MR) is 50.1 cm³/mol. The molecule has 0 atom stereocenters. The van der Waals surface area contributed by atoms with Gasteiger partial charge in [0.05, 0.1) is 0 Å². The van der Waals surface area contributed by atoms with Gasteiger partial charge in [0.2, 0.25) is 0 Å². The summed E-state index contributed by atoms with van der Waals surface area (Å²) in [5.41, 5.74) is -2.10. The van der Waals surface area contributed by atoms with E-state index in [1.54, 1.807) is 0 Å². The van der Waals surface area contributed by atoms with Gasteiger partial charge in [0.15, 0.2) is 0 Å². The predicted octanol–water partition coefficient (Wildman–Crippen LogP) is -2.63. The van der Waals surface area contributed by atoms with E-state index in [0.29, 0.717) is 4.68 Å². The SMILES string of the molecule is Cn1nc2c(=O)n(c1=O)OC(=O)/C=C/C(=O)O2. The summed E-state index contributed by atoms with van der Waals surface area (Å²) < 4.78 is 5.39. The molecule has 0 unspecified atom stereocenters. The third kappa shape index (κ3) is 1.85. The summed E-state index contributed by atoms with van der Waals surface area (Å²) in [6.07, 6.45) is 1.48. The second kappa shape index (κ2) is 3.70. The molecular weight excluding hydrogens is 234 g/mol. The summed E-state index contributed by atoms with van der Waals surface area (Å²) in [6.45, 7) is 0. The van der Waals surface area contributed by atoms with Gasteiger partial charge < -0.3 is 9.57 Å². The fraction of sp³-hybridized carbons (Fsp3) is 0.125. The van der Waals surface area contributed by atoms with Crippen LogP contribution in [-0.2, 0) is 16.6 Å². The van der Waals surface area contributed by atoms with Gasteiger partial charge in [-0.1, -0.05) is 4.73 Å². The first-order valence-corrected chi connectivity index (χ1v) is 4.31. The van der Waals surface area contributed by atoms with Gasteiger partial charge in [-0.3, -0.25) is 4.79 Å². The average molecular weight is 239 g/mol. The van der Waals surface area contributed by atoms with E-state index in [4.69, 9.17) is 0 Å². The Morgan fingerprint density at radius 3 is 2.47 bits per heavy atom. The van der Waals surface area contributed by atoms with Crippen LogP contribution >= 0.6 is 0 Å². The molecule has 0 N–H and O–H groups in total. The number of carbonyl (C=O) groups is 2. The third-order valence-electron chi connectivity index (χ3n) is 1.79. The van der Waals surface area contributed by atoms with Gasteiger partial charge in [0, 0.05) is 19.2 Å². The van der Waals surface area contributed by atoms with E-state index in [-0.39, 0.29) is 4.73 Å². The zero-order chi connectivity index (χ0) is 12.6. The molecule has 1 aromatic rings. The molecule has 0 aliphatic carbocycles. The zero-order valence-corrected chi connectivity index (χ0v) is 8.45. The molecule has 0 fully saturated rings. The summed E-state index contributed by atoms with van der Waals surface area (Å²) in [4.78, 5) is 49.6.